The van der Waals surface area contributed by atoms with Crippen molar-refractivity contribution < 1.29 is 13.2 Å². The van der Waals surface area contributed by atoms with Gasteiger partial charge in [-0.15, -0.1) is 0 Å². The molecule has 0 aliphatic heterocycles. The smallest absolute Gasteiger partial charge is 0.264 e. The minimum Gasteiger partial charge on any atom is -0.350 e. The summed E-state index contributed by atoms with van der Waals surface area (Å²) in [6.45, 7) is -0.126. The maximum absolute atomic E-state index is 13.1. The fraction of sp³-hybridized carbons (Fsp3) is 0.100. The molecule has 0 atom stereocenters. The fourth-order valence-corrected chi connectivity index (χ4v) is 4.17. The molecule has 144 valence electrons. The summed E-state index contributed by atoms with van der Waals surface area (Å²) in [5.74, 6) is -0.441. The zero-order valence-corrected chi connectivity index (χ0v) is 16.4. The first kappa shape index (κ1) is 19.9. The van der Waals surface area contributed by atoms with E-state index >= 15 is 0 Å². The Morgan fingerprint density at radius 1 is 1.04 bits per heavy atom. The second-order valence-electron chi connectivity index (χ2n) is 5.94. The third-order valence-corrected chi connectivity index (χ3v) is 5.95. The number of carbonyl (C=O) groups excluding carboxylic acids is 1. The van der Waals surface area contributed by atoms with Crippen LogP contribution in [0.4, 0.5) is 5.69 Å². The van der Waals surface area contributed by atoms with Crippen molar-refractivity contribution in [2.24, 2.45) is 0 Å². The molecular formula is C20H18ClN3O3S. The summed E-state index contributed by atoms with van der Waals surface area (Å²) in [5, 5.41) is 3.10. The topological polar surface area (TPSA) is 79.4 Å². The number of benzene rings is 2. The minimum absolute atomic E-state index is 0.0926. The molecule has 0 saturated heterocycles. The van der Waals surface area contributed by atoms with Crippen molar-refractivity contribution in [1.82, 2.24) is 10.3 Å². The van der Waals surface area contributed by atoms with Gasteiger partial charge in [0.2, 0.25) is 5.91 Å². The Labute approximate surface area is 168 Å². The van der Waals surface area contributed by atoms with Crippen LogP contribution in [0.5, 0.6) is 0 Å². The molecule has 0 fully saturated rings. The van der Waals surface area contributed by atoms with E-state index in [1.54, 1.807) is 54.9 Å². The van der Waals surface area contributed by atoms with Crippen LogP contribution < -0.4 is 9.62 Å². The van der Waals surface area contributed by atoms with Gasteiger partial charge in [-0.3, -0.25) is 14.1 Å². The van der Waals surface area contributed by atoms with Crippen LogP contribution in [0.3, 0.4) is 0 Å². The average molecular weight is 416 g/mol. The number of amides is 1. The molecule has 6 nitrogen and oxygen atoms in total. The maximum atomic E-state index is 13.1. The van der Waals surface area contributed by atoms with Crippen LogP contribution in [-0.4, -0.2) is 25.9 Å². The van der Waals surface area contributed by atoms with Gasteiger partial charge in [0.05, 0.1) is 10.6 Å². The van der Waals surface area contributed by atoms with E-state index in [0.717, 1.165) is 9.87 Å². The highest BCUT2D eigenvalue weighted by molar-refractivity contribution is 7.92. The second-order valence-corrected chi connectivity index (χ2v) is 8.24. The van der Waals surface area contributed by atoms with Crippen molar-refractivity contribution in [3.8, 4) is 0 Å². The Morgan fingerprint density at radius 2 is 1.82 bits per heavy atom. The molecule has 1 amide bonds. The maximum Gasteiger partial charge on any atom is 0.264 e. The summed E-state index contributed by atoms with van der Waals surface area (Å²) < 4.78 is 27.3. The van der Waals surface area contributed by atoms with Crippen LogP contribution in [0.1, 0.15) is 5.56 Å². The van der Waals surface area contributed by atoms with Gasteiger partial charge in [0.25, 0.3) is 10.0 Å². The van der Waals surface area contributed by atoms with E-state index in [1.165, 1.54) is 18.2 Å². The van der Waals surface area contributed by atoms with Gasteiger partial charge in [0.1, 0.15) is 6.54 Å². The molecule has 1 heterocycles. The predicted octanol–water partition coefficient (Wildman–Crippen LogP) is 3.25. The number of sulfonamides is 1. The lowest BCUT2D eigenvalue weighted by molar-refractivity contribution is -0.119. The monoisotopic (exact) mass is 415 g/mol. The minimum atomic E-state index is -3.95. The normalized spacial score (nSPS) is 11.0. The number of halogens is 1. The summed E-state index contributed by atoms with van der Waals surface area (Å²) in [7, 11) is -3.95. The molecule has 0 unspecified atom stereocenters. The van der Waals surface area contributed by atoms with Crippen molar-refractivity contribution in [2.45, 2.75) is 11.4 Å². The summed E-state index contributed by atoms with van der Waals surface area (Å²) in [5.41, 5.74) is 1.13. The van der Waals surface area contributed by atoms with E-state index in [1.807, 2.05) is 6.07 Å². The highest BCUT2D eigenvalue weighted by Crippen LogP contribution is 2.25. The number of nitrogens with one attached hydrogen (secondary N) is 1. The molecule has 8 heteroatoms. The van der Waals surface area contributed by atoms with Crippen molar-refractivity contribution in [3.05, 3.63) is 89.7 Å². The van der Waals surface area contributed by atoms with Crippen LogP contribution in [0.25, 0.3) is 0 Å². The lowest BCUT2D eigenvalue weighted by Crippen LogP contribution is -2.40. The molecule has 0 bridgehead atoms. The number of rotatable bonds is 7. The molecular weight excluding hydrogens is 398 g/mol. The Balaban J connectivity index is 1.85. The Kier molecular flexibility index (Phi) is 6.28. The van der Waals surface area contributed by atoms with Crippen LogP contribution in [-0.2, 0) is 21.4 Å². The molecule has 2 aromatic carbocycles. The summed E-state index contributed by atoms with van der Waals surface area (Å²) >= 11 is 6.03. The van der Waals surface area contributed by atoms with Crippen molar-refractivity contribution in [1.29, 1.82) is 0 Å². The summed E-state index contributed by atoms with van der Waals surface area (Å²) in [4.78, 5) is 16.6. The van der Waals surface area contributed by atoms with Gasteiger partial charge in [-0.1, -0.05) is 41.9 Å². The molecule has 3 rings (SSSR count). The lowest BCUT2D eigenvalue weighted by atomic mass is 10.3. The van der Waals surface area contributed by atoms with Crippen molar-refractivity contribution in [2.75, 3.05) is 10.8 Å². The third kappa shape index (κ3) is 4.88. The van der Waals surface area contributed by atoms with Crippen molar-refractivity contribution in [3.63, 3.8) is 0 Å². The quantitative estimate of drug-likeness (QED) is 0.642. The van der Waals surface area contributed by atoms with Gasteiger partial charge < -0.3 is 5.32 Å². The van der Waals surface area contributed by atoms with E-state index < -0.39 is 15.9 Å². The molecule has 0 saturated carbocycles. The second kappa shape index (κ2) is 8.86. The highest BCUT2D eigenvalue weighted by Gasteiger charge is 2.27. The first-order valence-electron chi connectivity index (χ1n) is 8.46. The number of carbonyl (C=O) groups is 1. The number of pyridine rings is 1. The highest BCUT2D eigenvalue weighted by atomic mass is 35.5. The van der Waals surface area contributed by atoms with Gasteiger partial charge in [0, 0.05) is 24.0 Å². The lowest BCUT2D eigenvalue weighted by Gasteiger charge is -2.24. The first-order chi connectivity index (χ1) is 13.5. The van der Waals surface area contributed by atoms with E-state index in [4.69, 9.17) is 11.6 Å². The molecule has 28 heavy (non-hydrogen) atoms. The van der Waals surface area contributed by atoms with Crippen LogP contribution >= 0.6 is 11.6 Å². The molecule has 0 radical (unpaired) electrons. The molecule has 0 spiro atoms. The standard InChI is InChI=1S/C20H18ClN3O3S/c21-17-7-4-8-18(12-17)24(28(26,27)19-9-2-1-3-10-19)15-20(25)23-14-16-6-5-11-22-13-16/h1-13H,14-15H2,(H,23,25). The largest absolute Gasteiger partial charge is 0.350 e. The number of hydrogen-bond acceptors (Lipinski definition) is 4. The first-order valence-corrected chi connectivity index (χ1v) is 10.3. The zero-order chi connectivity index (χ0) is 20.0. The van der Waals surface area contributed by atoms with E-state index in [0.29, 0.717) is 10.7 Å². The number of anilines is 1. The number of hydrogen-bond donors (Lipinski definition) is 1. The van der Waals surface area contributed by atoms with Gasteiger partial charge in [0.15, 0.2) is 0 Å². The fourth-order valence-electron chi connectivity index (χ4n) is 2.56. The van der Waals surface area contributed by atoms with Gasteiger partial charge in [-0.25, -0.2) is 8.42 Å². The number of nitrogens with zero attached hydrogens (tertiary/aromatic N) is 2. The molecule has 1 aromatic heterocycles. The Hall–Kier alpha value is -2.90. The van der Waals surface area contributed by atoms with Crippen molar-refractivity contribution >= 4 is 33.2 Å². The van der Waals surface area contributed by atoms with Crippen LogP contribution in [0.2, 0.25) is 5.02 Å². The molecule has 3 aromatic rings. The summed E-state index contributed by atoms with van der Waals surface area (Å²) in [6, 6.07) is 17.9. The predicted molar refractivity (Wildman–Crippen MR) is 109 cm³/mol. The Morgan fingerprint density at radius 3 is 2.50 bits per heavy atom. The molecule has 0 aliphatic rings. The third-order valence-electron chi connectivity index (χ3n) is 3.93. The van der Waals surface area contributed by atoms with Crippen LogP contribution in [0.15, 0.2) is 84.0 Å². The van der Waals surface area contributed by atoms with E-state index in [-0.39, 0.29) is 18.0 Å². The van der Waals surface area contributed by atoms with Gasteiger partial charge >= 0.3 is 0 Å². The molecule has 1 N–H and O–H groups in total. The zero-order valence-electron chi connectivity index (χ0n) is 14.8. The number of aromatic nitrogens is 1. The SMILES string of the molecule is O=C(CN(c1cccc(Cl)c1)S(=O)(=O)c1ccccc1)NCc1cccnc1. The van der Waals surface area contributed by atoms with E-state index in [9.17, 15) is 13.2 Å². The Bertz CT molecular complexity index is 1040. The summed E-state index contributed by atoms with van der Waals surface area (Å²) in [6.07, 6.45) is 3.27. The average Bonchev–Trinajstić information content (AvgIpc) is 2.72. The molecule has 0 aliphatic carbocycles. The van der Waals surface area contributed by atoms with Gasteiger partial charge in [-0.05, 0) is 42.0 Å². The van der Waals surface area contributed by atoms with E-state index in [2.05, 4.69) is 10.3 Å². The van der Waals surface area contributed by atoms with Crippen LogP contribution in [0, 0.1) is 0 Å². The van der Waals surface area contributed by atoms with Gasteiger partial charge in [-0.2, -0.15) is 0 Å².